The van der Waals surface area contributed by atoms with Gasteiger partial charge in [-0.15, -0.1) is 0 Å². The minimum atomic E-state index is -0.592. The number of rotatable bonds is 1. The zero-order valence-electron chi connectivity index (χ0n) is 13.8. The molecule has 5 heteroatoms. The van der Waals surface area contributed by atoms with Crippen LogP contribution in [0, 0.1) is 23.7 Å². The maximum Gasteiger partial charge on any atom is 0.178 e. The lowest BCUT2D eigenvalue weighted by molar-refractivity contribution is -0.130. The molecule has 1 spiro atoms. The fourth-order valence-electron chi connectivity index (χ4n) is 3.52. The molecule has 1 unspecified atom stereocenters. The van der Waals surface area contributed by atoms with E-state index in [1.807, 2.05) is 39.1 Å². The van der Waals surface area contributed by atoms with Gasteiger partial charge in [-0.1, -0.05) is 13.8 Å². The molecule has 1 saturated heterocycles. The zero-order valence-corrected chi connectivity index (χ0v) is 13.8. The van der Waals surface area contributed by atoms with Crippen molar-refractivity contribution in [3.05, 3.63) is 35.7 Å². The van der Waals surface area contributed by atoms with Crippen LogP contribution in [0.1, 0.15) is 26.0 Å². The molecule has 1 atom stereocenters. The molecule has 5 nitrogen and oxygen atoms in total. The molecule has 0 N–H and O–H groups in total. The van der Waals surface area contributed by atoms with E-state index in [1.54, 1.807) is 6.08 Å². The highest BCUT2D eigenvalue weighted by Crippen LogP contribution is 2.41. The summed E-state index contributed by atoms with van der Waals surface area (Å²) < 4.78 is 6.06. The van der Waals surface area contributed by atoms with E-state index in [2.05, 4.69) is 16.0 Å². The summed E-state index contributed by atoms with van der Waals surface area (Å²) in [6.07, 6.45) is 4.18. The van der Waals surface area contributed by atoms with Crippen molar-refractivity contribution in [3.63, 3.8) is 0 Å². The van der Waals surface area contributed by atoms with Crippen LogP contribution in [0.4, 0.5) is 5.69 Å². The highest BCUT2D eigenvalue weighted by Gasteiger charge is 2.48. The highest BCUT2D eigenvalue weighted by atomic mass is 16.5. The molecular weight excluding hydrogens is 290 g/mol. The minimum Gasteiger partial charge on any atom is -0.367 e. The van der Waals surface area contributed by atoms with Crippen LogP contribution in [0.25, 0.3) is 0 Å². The van der Waals surface area contributed by atoms with Gasteiger partial charge in [0.2, 0.25) is 0 Å². The number of carbonyl (C=O) groups is 1. The molecule has 0 amide bonds. The summed E-state index contributed by atoms with van der Waals surface area (Å²) in [4.78, 5) is 18.9. The van der Waals surface area contributed by atoms with Gasteiger partial charge in [0.1, 0.15) is 11.7 Å². The molecular formula is C18H21N3O2. The number of allylic oxidation sites excluding steroid dienone is 1. The Morgan fingerprint density at radius 2 is 2.17 bits per heavy atom. The molecule has 0 bridgehead atoms. The maximum atomic E-state index is 12.3. The monoisotopic (exact) mass is 311 g/mol. The van der Waals surface area contributed by atoms with Gasteiger partial charge in [0.15, 0.2) is 5.78 Å². The molecule has 1 aromatic heterocycles. The second-order valence-corrected chi connectivity index (χ2v) is 7.05. The zero-order chi connectivity index (χ0) is 16.7. The van der Waals surface area contributed by atoms with E-state index in [4.69, 9.17) is 4.74 Å². The normalized spacial score (nSPS) is 26.8. The van der Waals surface area contributed by atoms with E-state index in [-0.39, 0.29) is 11.4 Å². The Labute approximate surface area is 136 Å². The molecule has 2 heterocycles. The second kappa shape index (κ2) is 5.47. The van der Waals surface area contributed by atoms with Crippen LogP contribution in [0.15, 0.2) is 30.0 Å². The quantitative estimate of drug-likeness (QED) is 0.797. The van der Waals surface area contributed by atoms with Crippen LogP contribution in [0.3, 0.4) is 0 Å². The van der Waals surface area contributed by atoms with E-state index in [0.29, 0.717) is 19.6 Å². The minimum absolute atomic E-state index is 0.0941. The van der Waals surface area contributed by atoms with E-state index >= 15 is 0 Å². The van der Waals surface area contributed by atoms with Crippen LogP contribution in [0.5, 0.6) is 0 Å². The molecule has 23 heavy (non-hydrogen) atoms. The largest absolute Gasteiger partial charge is 0.367 e. The van der Waals surface area contributed by atoms with Crippen molar-refractivity contribution in [2.75, 3.05) is 24.6 Å². The lowest BCUT2D eigenvalue weighted by atomic mass is 9.69. The molecule has 120 valence electrons. The summed E-state index contributed by atoms with van der Waals surface area (Å²) in [5.41, 5.74) is 1.05. The number of nitrogens with zero attached hydrogens (tertiary/aromatic N) is 3. The van der Waals surface area contributed by atoms with Gasteiger partial charge in [0.25, 0.3) is 0 Å². The Kier molecular flexibility index (Phi) is 3.73. The third kappa shape index (κ3) is 2.87. The fourth-order valence-corrected chi connectivity index (χ4v) is 3.52. The van der Waals surface area contributed by atoms with Crippen LogP contribution < -0.4 is 4.90 Å². The number of pyridine rings is 1. The number of carbonyl (C=O) groups excluding carboxylic acids is 1. The summed E-state index contributed by atoms with van der Waals surface area (Å²) in [6.45, 7) is 7.69. The lowest BCUT2D eigenvalue weighted by Crippen LogP contribution is -2.55. The van der Waals surface area contributed by atoms with Crippen molar-refractivity contribution in [2.45, 2.75) is 32.8 Å². The summed E-state index contributed by atoms with van der Waals surface area (Å²) in [5.74, 6) is -0.0941. The molecule has 1 aliphatic heterocycles. The Bertz CT molecular complexity index is 700. The Hall–Kier alpha value is -2.19. The second-order valence-electron chi connectivity index (χ2n) is 7.05. The predicted octanol–water partition coefficient (Wildman–Crippen LogP) is 2.41. The topological polar surface area (TPSA) is 66.2 Å². The first-order valence-corrected chi connectivity index (χ1v) is 7.85. The van der Waals surface area contributed by atoms with Crippen molar-refractivity contribution in [3.8, 4) is 6.07 Å². The van der Waals surface area contributed by atoms with Crippen molar-refractivity contribution < 1.29 is 9.53 Å². The summed E-state index contributed by atoms with van der Waals surface area (Å²) in [5, 5.41) is 9.30. The number of Topliss-reactive ketones (excluding diaryl/α,β-unsaturated/α-hetero) is 1. The standard InChI is InChI=1S/C18H21N3O2/c1-13-4-5-15(10-20-13)21-6-7-23-18(12-21)8-14(9-19)16(22)17(2,3)11-18/h4-5,8,10H,6-7,11-12H2,1-3H3. The molecule has 0 aromatic carbocycles. The number of nitriles is 1. The number of morpholine rings is 1. The first kappa shape index (κ1) is 15.7. The van der Waals surface area contributed by atoms with Crippen LogP contribution in [-0.4, -0.2) is 36.1 Å². The van der Waals surface area contributed by atoms with Gasteiger partial charge in [-0.25, -0.2) is 0 Å². The summed E-state index contributed by atoms with van der Waals surface area (Å²) >= 11 is 0. The van der Waals surface area contributed by atoms with Crippen LogP contribution >= 0.6 is 0 Å². The van der Waals surface area contributed by atoms with Gasteiger partial charge in [-0.2, -0.15) is 5.26 Å². The van der Waals surface area contributed by atoms with E-state index in [1.165, 1.54) is 0 Å². The molecule has 2 aliphatic rings. The molecule has 1 fully saturated rings. The van der Waals surface area contributed by atoms with Crippen molar-refractivity contribution >= 4 is 11.5 Å². The number of hydrogen-bond donors (Lipinski definition) is 0. The molecule has 0 radical (unpaired) electrons. The maximum absolute atomic E-state index is 12.3. The highest BCUT2D eigenvalue weighted by molar-refractivity contribution is 6.04. The number of aromatic nitrogens is 1. The SMILES string of the molecule is Cc1ccc(N2CCOC3(C=C(C#N)C(=O)C(C)(C)C3)C2)cn1. The van der Waals surface area contributed by atoms with Crippen molar-refractivity contribution in [2.24, 2.45) is 5.41 Å². The molecule has 1 aromatic rings. The average Bonchev–Trinajstić information content (AvgIpc) is 2.51. The average molecular weight is 311 g/mol. The number of ketones is 1. The first-order chi connectivity index (χ1) is 10.9. The fraction of sp³-hybridized carbons (Fsp3) is 0.500. The van der Waals surface area contributed by atoms with Gasteiger partial charge in [0, 0.05) is 17.7 Å². The number of hydrogen-bond acceptors (Lipinski definition) is 5. The number of ether oxygens (including phenoxy) is 1. The Morgan fingerprint density at radius 3 is 2.83 bits per heavy atom. The third-order valence-electron chi connectivity index (χ3n) is 4.60. The predicted molar refractivity (Wildman–Crippen MR) is 87.0 cm³/mol. The van der Waals surface area contributed by atoms with Gasteiger partial charge in [-0.05, 0) is 31.6 Å². The van der Waals surface area contributed by atoms with Gasteiger partial charge < -0.3 is 9.64 Å². The summed E-state index contributed by atoms with van der Waals surface area (Å²) in [7, 11) is 0. The Balaban J connectivity index is 1.93. The third-order valence-corrected chi connectivity index (χ3v) is 4.60. The molecule has 1 aliphatic carbocycles. The first-order valence-electron chi connectivity index (χ1n) is 7.85. The van der Waals surface area contributed by atoms with Crippen LogP contribution in [0.2, 0.25) is 0 Å². The van der Waals surface area contributed by atoms with Crippen molar-refractivity contribution in [1.29, 1.82) is 5.26 Å². The van der Waals surface area contributed by atoms with Crippen LogP contribution in [-0.2, 0) is 9.53 Å². The molecule has 0 saturated carbocycles. The van der Waals surface area contributed by atoms with Gasteiger partial charge in [-0.3, -0.25) is 9.78 Å². The van der Waals surface area contributed by atoms with E-state index < -0.39 is 11.0 Å². The smallest absolute Gasteiger partial charge is 0.178 e. The van der Waals surface area contributed by atoms with Crippen molar-refractivity contribution in [1.82, 2.24) is 4.98 Å². The van der Waals surface area contributed by atoms with Gasteiger partial charge >= 0.3 is 0 Å². The molecule has 3 rings (SSSR count). The lowest BCUT2D eigenvalue weighted by Gasteiger charge is -2.47. The Morgan fingerprint density at radius 1 is 1.39 bits per heavy atom. The van der Waals surface area contributed by atoms with E-state index in [9.17, 15) is 10.1 Å². The van der Waals surface area contributed by atoms with E-state index in [0.717, 1.165) is 17.9 Å². The van der Waals surface area contributed by atoms with Gasteiger partial charge in [0.05, 0.1) is 30.6 Å². The number of anilines is 1. The summed E-state index contributed by atoms with van der Waals surface area (Å²) in [6, 6.07) is 6.08. The number of aryl methyl sites for hydroxylation is 1.